The fourth-order valence-electron chi connectivity index (χ4n) is 1.28. The SMILES string of the molecule is Cc1cccc(-c2nc(CCl)c[se]2)c1. The van der Waals surface area contributed by atoms with Crippen LogP contribution in [-0.4, -0.2) is 19.5 Å². The molecule has 0 N–H and O–H groups in total. The number of benzene rings is 1. The van der Waals surface area contributed by atoms with Crippen LogP contribution in [-0.2, 0) is 5.88 Å². The van der Waals surface area contributed by atoms with Gasteiger partial charge in [0.25, 0.3) is 0 Å². The predicted molar refractivity (Wildman–Crippen MR) is 60.9 cm³/mol. The second-order valence-corrected chi connectivity index (χ2v) is 5.21. The molecule has 3 heteroatoms. The Morgan fingerprint density at radius 3 is 2.93 bits per heavy atom. The molecule has 0 bridgehead atoms. The molecule has 0 amide bonds. The molecule has 0 aliphatic carbocycles. The van der Waals surface area contributed by atoms with Gasteiger partial charge in [0.1, 0.15) is 0 Å². The molecule has 0 spiro atoms. The Balaban J connectivity index is 2.39. The van der Waals surface area contributed by atoms with E-state index < -0.39 is 0 Å². The number of aromatic nitrogens is 1. The summed E-state index contributed by atoms with van der Waals surface area (Å²) in [5.74, 6) is 0.525. The van der Waals surface area contributed by atoms with Gasteiger partial charge in [0.05, 0.1) is 0 Å². The van der Waals surface area contributed by atoms with Gasteiger partial charge in [-0.3, -0.25) is 0 Å². The zero-order valence-corrected chi connectivity index (χ0v) is 10.3. The number of rotatable bonds is 2. The molecular weight excluding hydrogens is 261 g/mol. The summed E-state index contributed by atoms with van der Waals surface area (Å²) in [6.07, 6.45) is 0. The van der Waals surface area contributed by atoms with E-state index in [0.717, 1.165) is 5.69 Å². The maximum absolute atomic E-state index is 5.73. The van der Waals surface area contributed by atoms with Crippen LogP contribution in [0.4, 0.5) is 0 Å². The summed E-state index contributed by atoms with van der Waals surface area (Å²) in [4.78, 5) is 6.64. The molecule has 0 fully saturated rings. The standard InChI is InChI=1S/C11H10ClNSe/c1-8-3-2-4-9(5-8)11-13-10(6-12)7-14-11/h2-5,7H,6H2,1H3. The summed E-state index contributed by atoms with van der Waals surface area (Å²) in [7, 11) is 0. The Bertz CT molecular complexity index is 436. The van der Waals surface area contributed by atoms with Crippen LogP contribution < -0.4 is 0 Å². The number of aryl methyl sites for hydroxylation is 1. The first-order chi connectivity index (χ1) is 6.79. The normalized spacial score (nSPS) is 10.4. The molecule has 1 aromatic carbocycles. The maximum atomic E-state index is 5.73. The third-order valence-electron chi connectivity index (χ3n) is 1.95. The first-order valence-electron chi connectivity index (χ1n) is 4.37. The van der Waals surface area contributed by atoms with Crippen molar-refractivity contribution in [2.24, 2.45) is 0 Å². The van der Waals surface area contributed by atoms with E-state index in [2.05, 4.69) is 41.1 Å². The zero-order valence-electron chi connectivity index (χ0n) is 7.83. The van der Waals surface area contributed by atoms with Crippen LogP contribution in [0.15, 0.2) is 29.2 Å². The molecule has 2 rings (SSSR count). The summed E-state index contributed by atoms with van der Waals surface area (Å²) in [5.41, 5.74) is 3.53. The monoisotopic (exact) mass is 271 g/mol. The van der Waals surface area contributed by atoms with Crippen molar-refractivity contribution < 1.29 is 0 Å². The van der Waals surface area contributed by atoms with Crippen LogP contribution >= 0.6 is 11.6 Å². The minimum atomic E-state index is 0.359. The van der Waals surface area contributed by atoms with Crippen LogP contribution in [0.2, 0.25) is 0 Å². The van der Waals surface area contributed by atoms with Crippen LogP contribution in [0, 0.1) is 6.92 Å². The Morgan fingerprint density at radius 2 is 2.29 bits per heavy atom. The molecule has 1 nitrogen and oxygen atoms in total. The number of nitrogens with zero attached hydrogens (tertiary/aromatic N) is 1. The second-order valence-electron chi connectivity index (χ2n) is 3.15. The summed E-state index contributed by atoms with van der Waals surface area (Å²) in [5, 5.41) is 0. The molecule has 0 radical (unpaired) electrons. The van der Waals surface area contributed by atoms with Gasteiger partial charge in [0.2, 0.25) is 0 Å². The molecule has 2 aromatic rings. The minimum absolute atomic E-state index is 0.359. The number of alkyl halides is 1. The van der Waals surface area contributed by atoms with Gasteiger partial charge < -0.3 is 0 Å². The molecule has 0 aliphatic heterocycles. The molecular formula is C11H10ClNSe. The molecule has 0 atom stereocenters. The van der Waals surface area contributed by atoms with E-state index >= 15 is 0 Å². The Hall–Kier alpha value is -0.561. The van der Waals surface area contributed by atoms with Crippen molar-refractivity contribution in [2.45, 2.75) is 12.8 Å². The van der Waals surface area contributed by atoms with Crippen LogP contribution in [0.5, 0.6) is 0 Å². The number of hydrogen-bond acceptors (Lipinski definition) is 1. The Kier molecular flexibility index (Phi) is 3.07. The van der Waals surface area contributed by atoms with Gasteiger partial charge >= 0.3 is 94.5 Å². The molecule has 0 aliphatic rings. The van der Waals surface area contributed by atoms with Crippen molar-refractivity contribution in [3.8, 4) is 10.1 Å². The first kappa shape index (κ1) is 9.97. The molecule has 0 unspecified atom stereocenters. The summed E-state index contributed by atoms with van der Waals surface area (Å²) >= 11 is 6.09. The van der Waals surface area contributed by atoms with E-state index in [1.54, 1.807) is 0 Å². The average Bonchev–Trinajstić information content (AvgIpc) is 2.66. The van der Waals surface area contributed by atoms with Gasteiger partial charge in [-0.15, -0.1) is 0 Å². The van der Waals surface area contributed by atoms with E-state index in [9.17, 15) is 0 Å². The summed E-state index contributed by atoms with van der Waals surface area (Å²) in [6, 6.07) is 8.45. The van der Waals surface area contributed by atoms with Crippen molar-refractivity contribution in [3.05, 3.63) is 40.5 Å². The van der Waals surface area contributed by atoms with E-state index in [0.29, 0.717) is 20.4 Å². The fraction of sp³-hybridized carbons (Fsp3) is 0.182. The van der Waals surface area contributed by atoms with Crippen molar-refractivity contribution in [1.29, 1.82) is 0 Å². The van der Waals surface area contributed by atoms with Gasteiger partial charge in [-0.1, -0.05) is 0 Å². The van der Waals surface area contributed by atoms with Gasteiger partial charge in [-0.05, 0) is 0 Å². The predicted octanol–water partition coefficient (Wildman–Crippen LogP) is 2.85. The van der Waals surface area contributed by atoms with Crippen molar-refractivity contribution in [2.75, 3.05) is 0 Å². The fourth-order valence-corrected chi connectivity index (χ4v) is 3.34. The molecule has 72 valence electrons. The average molecular weight is 271 g/mol. The van der Waals surface area contributed by atoms with E-state index in [-0.39, 0.29) is 0 Å². The second kappa shape index (κ2) is 4.31. The van der Waals surface area contributed by atoms with Gasteiger partial charge in [-0.2, -0.15) is 0 Å². The summed E-state index contributed by atoms with van der Waals surface area (Å²) < 4.78 is 1.19. The summed E-state index contributed by atoms with van der Waals surface area (Å²) in [6.45, 7) is 2.10. The number of hydrogen-bond donors (Lipinski definition) is 0. The molecule has 1 aromatic heterocycles. The van der Waals surface area contributed by atoms with Crippen molar-refractivity contribution in [3.63, 3.8) is 0 Å². The van der Waals surface area contributed by atoms with Crippen LogP contribution in [0.1, 0.15) is 11.3 Å². The zero-order chi connectivity index (χ0) is 9.97. The molecule has 0 saturated carbocycles. The van der Waals surface area contributed by atoms with Crippen LogP contribution in [0.25, 0.3) is 10.1 Å². The van der Waals surface area contributed by atoms with Gasteiger partial charge in [0, 0.05) is 0 Å². The Morgan fingerprint density at radius 1 is 1.43 bits per heavy atom. The van der Waals surface area contributed by atoms with Gasteiger partial charge in [0.15, 0.2) is 0 Å². The van der Waals surface area contributed by atoms with Crippen molar-refractivity contribution in [1.82, 2.24) is 4.98 Å². The molecule has 1 heterocycles. The Labute approximate surface area is 94.5 Å². The number of halogens is 1. The molecule has 14 heavy (non-hydrogen) atoms. The van der Waals surface area contributed by atoms with Crippen molar-refractivity contribution >= 4 is 26.1 Å². The van der Waals surface area contributed by atoms with E-state index in [4.69, 9.17) is 11.6 Å². The first-order valence-corrected chi connectivity index (χ1v) is 6.75. The van der Waals surface area contributed by atoms with E-state index in [1.807, 2.05) is 0 Å². The van der Waals surface area contributed by atoms with Crippen LogP contribution in [0.3, 0.4) is 0 Å². The van der Waals surface area contributed by atoms with Gasteiger partial charge in [-0.25, -0.2) is 0 Å². The third-order valence-corrected chi connectivity index (χ3v) is 4.20. The van der Waals surface area contributed by atoms with E-state index in [1.165, 1.54) is 15.7 Å². The third kappa shape index (κ3) is 2.09. The molecule has 0 saturated heterocycles. The quantitative estimate of drug-likeness (QED) is 0.604. The topological polar surface area (TPSA) is 12.9 Å².